The first-order valence-corrected chi connectivity index (χ1v) is 10.2. The van der Waals surface area contributed by atoms with Crippen molar-refractivity contribution >= 4 is 23.4 Å². The molecule has 3 heterocycles. The number of nitrogens with zero attached hydrogens (tertiary/aromatic N) is 5. The van der Waals surface area contributed by atoms with E-state index in [2.05, 4.69) is 35.5 Å². The van der Waals surface area contributed by atoms with Crippen LogP contribution in [-0.4, -0.2) is 59.6 Å². The van der Waals surface area contributed by atoms with E-state index in [-0.39, 0.29) is 23.4 Å². The Morgan fingerprint density at radius 2 is 1.97 bits per heavy atom. The van der Waals surface area contributed by atoms with Crippen molar-refractivity contribution < 1.29 is 22.6 Å². The first-order valence-electron chi connectivity index (χ1n) is 10.2. The van der Waals surface area contributed by atoms with Gasteiger partial charge in [-0.25, -0.2) is 9.37 Å². The maximum Gasteiger partial charge on any atom is 0.387 e. The van der Waals surface area contributed by atoms with E-state index >= 15 is 0 Å². The molecule has 4 rings (SSSR count). The number of morpholine rings is 1. The average Bonchev–Trinajstić information content (AvgIpc) is 2.81. The van der Waals surface area contributed by atoms with E-state index in [4.69, 9.17) is 4.74 Å². The minimum atomic E-state index is -2.91. The van der Waals surface area contributed by atoms with Crippen LogP contribution in [0.5, 0.6) is 5.75 Å². The van der Waals surface area contributed by atoms with Crippen molar-refractivity contribution in [1.82, 2.24) is 20.2 Å². The molecule has 1 aliphatic rings. The Morgan fingerprint density at radius 3 is 2.67 bits per heavy atom. The van der Waals surface area contributed by atoms with Gasteiger partial charge < -0.3 is 25.0 Å². The van der Waals surface area contributed by atoms with Gasteiger partial charge in [0.05, 0.1) is 25.5 Å². The summed E-state index contributed by atoms with van der Waals surface area (Å²) in [4.78, 5) is 10.4. The maximum atomic E-state index is 14.5. The molecular formula is C21H22F3N7O2. The molecular weight excluding hydrogens is 439 g/mol. The molecule has 12 heteroatoms. The molecule has 174 valence electrons. The fourth-order valence-electron chi connectivity index (χ4n) is 3.40. The Morgan fingerprint density at radius 1 is 1.18 bits per heavy atom. The standard InChI is InChI=1S/C21H22F3N7O2/c1-12-11-32-8-7-31(12)21-26-10-16(22)19(28-21)27-17-9-15(18(25-2)30-29-17)13-3-5-14(6-4-13)33-20(23)24/h3-6,9-10,12,20H,7-8,11H2,1-2H3,(H,25,30)(H,26,27,28,29). The largest absolute Gasteiger partial charge is 0.435 e. The molecule has 0 saturated carbocycles. The highest BCUT2D eigenvalue weighted by molar-refractivity contribution is 5.78. The molecule has 0 amide bonds. The number of rotatable bonds is 7. The maximum absolute atomic E-state index is 14.5. The molecule has 1 unspecified atom stereocenters. The lowest BCUT2D eigenvalue weighted by molar-refractivity contribution is -0.0498. The number of ether oxygens (including phenoxy) is 2. The highest BCUT2D eigenvalue weighted by Crippen LogP contribution is 2.30. The van der Waals surface area contributed by atoms with Crippen LogP contribution in [0.3, 0.4) is 0 Å². The highest BCUT2D eigenvalue weighted by Gasteiger charge is 2.22. The lowest BCUT2D eigenvalue weighted by Gasteiger charge is -2.33. The normalized spacial score (nSPS) is 16.1. The predicted molar refractivity (Wildman–Crippen MR) is 117 cm³/mol. The van der Waals surface area contributed by atoms with E-state index in [9.17, 15) is 13.2 Å². The van der Waals surface area contributed by atoms with E-state index in [1.54, 1.807) is 25.2 Å². The predicted octanol–water partition coefficient (Wildman–Crippen LogP) is 3.68. The molecule has 2 aromatic heterocycles. The Bertz CT molecular complexity index is 1100. The highest BCUT2D eigenvalue weighted by atomic mass is 19.3. The summed E-state index contributed by atoms with van der Waals surface area (Å²) in [7, 11) is 1.68. The van der Waals surface area contributed by atoms with Gasteiger partial charge in [-0.05, 0) is 30.7 Å². The third-order valence-electron chi connectivity index (χ3n) is 5.02. The van der Waals surface area contributed by atoms with Crippen molar-refractivity contribution in [1.29, 1.82) is 0 Å². The lowest BCUT2D eigenvalue weighted by atomic mass is 10.1. The second kappa shape index (κ2) is 9.86. The van der Waals surface area contributed by atoms with E-state index in [1.807, 2.05) is 11.8 Å². The Hall–Kier alpha value is -3.67. The second-order valence-corrected chi connectivity index (χ2v) is 7.25. The van der Waals surface area contributed by atoms with Crippen LogP contribution in [0.15, 0.2) is 36.5 Å². The molecule has 1 aliphatic heterocycles. The molecule has 33 heavy (non-hydrogen) atoms. The summed E-state index contributed by atoms with van der Waals surface area (Å²) < 4.78 is 49.1. The summed E-state index contributed by atoms with van der Waals surface area (Å²) in [6.45, 7) is 0.735. The zero-order valence-electron chi connectivity index (χ0n) is 17.9. The quantitative estimate of drug-likeness (QED) is 0.546. The van der Waals surface area contributed by atoms with Gasteiger partial charge in [-0.2, -0.15) is 13.8 Å². The molecule has 3 aromatic rings. The van der Waals surface area contributed by atoms with E-state index in [0.717, 1.165) is 6.20 Å². The number of hydrogen-bond acceptors (Lipinski definition) is 9. The van der Waals surface area contributed by atoms with Gasteiger partial charge in [0.1, 0.15) is 5.75 Å². The van der Waals surface area contributed by atoms with E-state index in [0.29, 0.717) is 42.7 Å². The molecule has 1 fully saturated rings. The Balaban J connectivity index is 1.61. The molecule has 2 N–H and O–H groups in total. The van der Waals surface area contributed by atoms with Crippen LogP contribution in [0, 0.1) is 5.82 Å². The van der Waals surface area contributed by atoms with Crippen LogP contribution in [0.1, 0.15) is 6.92 Å². The summed E-state index contributed by atoms with van der Waals surface area (Å²) in [5.74, 6) is 0.424. The lowest BCUT2D eigenvalue weighted by Crippen LogP contribution is -2.44. The molecule has 9 nitrogen and oxygen atoms in total. The minimum Gasteiger partial charge on any atom is -0.435 e. The molecule has 1 saturated heterocycles. The van der Waals surface area contributed by atoms with Crippen LogP contribution in [0.4, 0.5) is 36.6 Å². The van der Waals surface area contributed by atoms with Gasteiger partial charge in [0.25, 0.3) is 0 Å². The van der Waals surface area contributed by atoms with E-state index < -0.39 is 12.4 Å². The fourth-order valence-corrected chi connectivity index (χ4v) is 3.40. The van der Waals surface area contributed by atoms with Crippen LogP contribution in [0.2, 0.25) is 0 Å². The van der Waals surface area contributed by atoms with Crippen LogP contribution < -0.4 is 20.3 Å². The van der Waals surface area contributed by atoms with Gasteiger partial charge in [-0.1, -0.05) is 12.1 Å². The van der Waals surface area contributed by atoms with Crippen molar-refractivity contribution in [2.75, 3.05) is 42.3 Å². The average molecular weight is 461 g/mol. The van der Waals surface area contributed by atoms with Gasteiger partial charge in [0, 0.05) is 19.2 Å². The summed E-state index contributed by atoms with van der Waals surface area (Å²) in [5, 5.41) is 14.0. The number of hydrogen-bond donors (Lipinski definition) is 2. The number of benzene rings is 1. The molecule has 0 spiro atoms. The van der Waals surface area contributed by atoms with Gasteiger partial charge in [-0.3, -0.25) is 0 Å². The second-order valence-electron chi connectivity index (χ2n) is 7.25. The molecule has 1 atom stereocenters. The third kappa shape index (κ3) is 5.22. The zero-order valence-corrected chi connectivity index (χ0v) is 17.9. The number of halogens is 3. The first-order chi connectivity index (χ1) is 15.9. The molecule has 0 bridgehead atoms. The first kappa shape index (κ1) is 22.5. The van der Waals surface area contributed by atoms with Crippen LogP contribution in [0.25, 0.3) is 11.1 Å². The summed E-state index contributed by atoms with van der Waals surface area (Å²) in [6, 6.07) is 7.78. The van der Waals surface area contributed by atoms with Crippen molar-refractivity contribution in [3.05, 3.63) is 42.3 Å². The summed E-state index contributed by atoms with van der Waals surface area (Å²) in [6.07, 6.45) is 1.10. The van der Waals surface area contributed by atoms with Crippen molar-refractivity contribution in [3.8, 4) is 16.9 Å². The smallest absolute Gasteiger partial charge is 0.387 e. The molecule has 1 aromatic carbocycles. The number of nitrogens with one attached hydrogen (secondary N) is 2. The Kier molecular flexibility index (Phi) is 6.73. The zero-order chi connectivity index (χ0) is 23.4. The third-order valence-corrected chi connectivity index (χ3v) is 5.02. The van der Waals surface area contributed by atoms with Gasteiger partial charge >= 0.3 is 6.61 Å². The van der Waals surface area contributed by atoms with Gasteiger partial charge in [0.15, 0.2) is 23.3 Å². The SMILES string of the molecule is CNc1nnc(Nc2nc(N3CCOCC3C)ncc2F)cc1-c1ccc(OC(F)F)cc1. The van der Waals surface area contributed by atoms with Crippen LogP contribution >= 0.6 is 0 Å². The Labute approximate surface area is 188 Å². The van der Waals surface area contributed by atoms with Crippen molar-refractivity contribution in [2.24, 2.45) is 0 Å². The van der Waals surface area contributed by atoms with E-state index in [1.165, 1.54) is 12.1 Å². The number of anilines is 4. The fraction of sp³-hybridized carbons (Fsp3) is 0.333. The van der Waals surface area contributed by atoms with Gasteiger partial charge in [-0.15, -0.1) is 10.2 Å². The monoisotopic (exact) mass is 461 g/mol. The molecule has 0 radical (unpaired) electrons. The van der Waals surface area contributed by atoms with Gasteiger partial charge in [0.2, 0.25) is 5.95 Å². The number of alkyl halides is 2. The molecule has 0 aliphatic carbocycles. The topological polar surface area (TPSA) is 97.3 Å². The van der Waals surface area contributed by atoms with Crippen molar-refractivity contribution in [2.45, 2.75) is 19.6 Å². The number of aromatic nitrogens is 4. The summed E-state index contributed by atoms with van der Waals surface area (Å²) in [5.41, 5.74) is 1.29. The van der Waals surface area contributed by atoms with Crippen molar-refractivity contribution in [3.63, 3.8) is 0 Å². The van der Waals surface area contributed by atoms with Crippen LogP contribution in [-0.2, 0) is 4.74 Å². The summed E-state index contributed by atoms with van der Waals surface area (Å²) >= 11 is 0. The minimum absolute atomic E-state index is 0.0352.